The van der Waals surface area contributed by atoms with E-state index in [4.69, 9.17) is 34.4 Å². The first-order valence-corrected chi connectivity index (χ1v) is 25.6. The summed E-state index contributed by atoms with van der Waals surface area (Å²) in [5.41, 5.74) is 34.3. The van der Waals surface area contributed by atoms with Crippen molar-refractivity contribution in [1.29, 1.82) is 0 Å². The molecule has 81 heavy (non-hydrogen) atoms. The van der Waals surface area contributed by atoms with Crippen molar-refractivity contribution >= 4 is 65.1 Å². The standard InChI is InChI=1S/C46H76N22O13/c1-23(71)35(68-38(74)28(7-2-3-9-47)61-39(75)30(12-24-15-53-20-58-24)63-41(77)33(18-69)66-36(72)27(48)6-4-10-56-45(49)50)43(79)62-29(8-5-11-57-46(51)52)37(73)67-34(19-70)42(78)64-31(13-25-16-54-21-59-25)40(76)65-32(44(80)81)14-26-17-55-22-60-26/h15-17,20-23,27-35,69-71H,2-14,18-19,47-48H2,1H3,(H,53,58)(H,54,59)(H,55,60)(H,61,75)(H,62,79)(H,63,77)(H,64,78)(H,65,76)(H,66,72)(H,67,73)(H,68,74)(H,80,81)(H4,49,50,56)(H4,51,52,57)/t23-,27+,28+,29+,30+,31+,32+,33+,34+,35+/m1/s1. The van der Waals surface area contributed by atoms with Crippen molar-refractivity contribution in [2.75, 3.05) is 32.8 Å². The number of hydrogen-bond donors (Lipinski definition) is 21. The summed E-state index contributed by atoms with van der Waals surface area (Å²) in [6, 6.07) is -13.9. The number of nitrogens with zero attached hydrogens (tertiary/aromatic N) is 5. The van der Waals surface area contributed by atoms with E-state index in [1.165, 1.54) is 37.6 Å². The van der Waals surface area contributed by atoms with Crippen LogP contribution in [0.25, 0.3) is 0 Å². The molecule has 35 heteroatoms. The van der Waals surface area contributed by atoms with Gasteiger partial charge in [0.05, 0.1) is 44.3 Å². The van der Waals surface area contributed by atoms with Crippen LogP contribution in [0.4, 0.5) is 0 Å². The van der Waals surface area contributed by atoms with Gasteiger partial charge in [-0.05, 0) is 58.4 Å². The third-order valence-electron chi connectivity index (χ3n) is 12.0. The van der Waals surface area contributed by atoms with Crippen LogP contribution in [-0.2, 0) is 62.4 Å². The van der Waals surface area contributed by atoms with E-state index in [0.717, 1.165) is 6.92 Å². The Hall–Kier alpha value is -8.80. The summed E-state index contributed by atoms with van der Waals surface area (Å²) >= 11 is 0. The van der Waals surface area contributed by atoms with Crippen molar-refractivity contribution in [3.63, 3.8) is 0 Å². The molecular formula is C46H76N22O13. The second kappa shape index (κ2) is 34.9. The maximum atomic E-state index is 14.2. The number of carbonyl (C=O) groups excluding carboxylic acids is 8. The second-order valence-electron chi connectivity index (χ2n) is 18.5. The third-order valence-corrected chi connectivity index (χ3v) is 12.0. The highest BCUT2D eigenvalue weighted by molar-refractivity contribution is 5.98. The normalized spacial score (nSPS) is 14.7. The number of H-pyrrole nitrogens is 3. The Bertz CT molecular complexity index is 2520. The molecule has 3 aromatic heterocycles. The molecule has 0 fully saturated rings. The number of aliphatic hydroxyl groups is 3. The fourth-order valence-electron chi connectivity index (χ4n) is 7.60. The number of aliphatic carboxylic acids is 1. The van der Waals surface area contributed by atoms with E-state index < -0.39 is 127 Å². The first kappa shape index (κ1) is 66.5. The molecule has 0 saturated carbocycles. The number of amides is 8. The lowest BCUT2D eigenvalue weighted by atomic mass is 10.0. The van der Waals surface area contributed by atoms with Crippen molar-refractivity contribution in [3.05, 3.63) is 54.7 Å². The summed E-state index contributed by atoms with van der Waals surface area (Å²) in [7, 11) is 0. The second-order valence-corrected chi connectivity index (χ2v) is 18.5. The molecule has 27 N–H and O–H groups in total. The first-order valence-electron chi connectivity index (χ1n) is 25.6. The fourth-order valence-corrected chi connectivity index (χ4v) is 7.60. The number of nitrogens with one attached hydrogen (secondary N) is 11. The van der Waals surface area contributed by atoms with Crippen LogP contribution in [0.1, 0.15) is 69.0 Å². The van der Waals surface area contributed by atoms with Gasteiger partial charge >= 0.3 is 5.97 Å². The fraction of sp³-hybridized carbons (Fsp3) is 0.565. The highest BCUT2D eigenvalue weighted by Crippen LogP contribution is 2.10. The van der Waals surface area contributed by atoms with Gasteiger partial charge < -0.3 is 112 Å². The number of hydrogen-bond acceptors (Lipinski definition) is 19. The van der Waals surface area contributed by atoms with Gasteiger partial charge in [0.25, 0.3) is 0 Å². The van der Waals surface area contributed by atoms with Gasteiger partial charge in [-0.15, -0.1) is 0 Å². The molecule has 0 unspecified atom stereocenters. The number of aliphatic hydroxyl groups excluding tert-OH is 3. The van der Waals surface area contributed by atoms with Crippen LogP contribution in [0.2, 0.25) is 0 Å². The van der Waals surface area contributed by atoms with Crippen molar-refractivity contribution in [2.45, 2.75) is 132 Å². The van der Waals surface area contributed by atoms with Crippen LogP contribution < -0.4 is 76.9 Å². The lowest BCUT2D eigenvalue weighted by Crippen LogP contribution is -2.62. The van der Waals surface area contributed by atoms with Crippen LogP contribution in [0.5, 0.6) is 0 Å². The van der Waals surface area contributed by atoms with E-state index in [-0.39, 0.29) is 82.9 Å². The summed E-state index contributed by atoms with van der Waals surface area (Å²) < 4.78 is 0. The van der Waals surface area contributed by atoms with Crippen molar-refractivity contribution < 1.29 is 63.6 Å². The number of aliphatic imine (C=N–C) groups is 2. The minimum absolute atomic E-state index is 0.0138. The predicted octanol–water partition coefficient (Wildman–Crippen LogP) is -9.22. The lowest BCUT2D eigenvalue weighted by molar-refractivity contribution is -0.142. The molecule has 0 aliphatic carbocycles. The molecule has 35 nitrogen and oxygen atoms in total. The molecule has 0 aliphatic rings. The van der Waals surface area contributed by atoms with Gasteiger partial charge in [-0.25, -0.2) is 19.7 Å². The molecule has 8 amide bonds. The molecule has 10 atom stereocenters. The highest BCUT2D eigenvalue weighted by Gasteiger charge is 2.36. The van der Waals surface area contributed by atoms with Crippen LogP contribution in [-0.4, -0.2) is 209 Å². The number of aromatic nitrogens is 6. The topological polar surface area (TPSA) is 598 Å². The van der Waals surface area contributed by atoms with Crippen molar-refractivity contribution in [3.8, 4) is 0 Å². The van der Waals surface area contributed by atoms with Gasteiger partial charge in [0.1, 0.15) is 48.3 Å². The molecule has 3 heterocycles. The molecule has 3 rings (SSSR count). The van der Waals surface area contributed by atoms with Crippen LogP contribution in [0.15, 0.2) is 47.6 Å². The molecule has 448 valence electrons. The third kappa shape index (κ3) is 24.0. The summed E-state index contributed by atoms with van der Waals surface area (Å²) in [4.78, 5) is 150. The zero-order valence-corrected chi connectivity index (χ0v) is 44.5. The highest BCUT2D eigenvalue weighted by atomic mass is 16.4. The van der Waals surface area contributed by atoms with E-state index in [2.05, 4.69) is 82.4 Å². The number of imidazole rings is 3. The van der Waals surface area contributed by atoms with E-state index in [9.17, 15) is 63.6 Å². The van der Waals surface area contributed by atoms with Gasteiger partial charge in [-0.1, -0.05) is 0 Å². The predicted molar refractivity (Wildman–Crippen MR) is 287 cm³/mol. The molecule has 0 radical (unpaired) electrons. The van der Waals surface area contributed by atoms with Gasteiger partial charge in [0, 0.05) is 68.0 Å². The van der Waals surface area contributed by atoms with E-state index >= 15 is 0 Å². The SMILES string of the molecule is C[C@@H](O)[C@H](NC(=O)[C@H](CCCCN)NC(=O)[C@H](Cc1cnc[nH]1)NC(=O)[C@H](CO)NC(=O)[C@@H](N)CCCN=C(N)N)C(=O)N[C@@H](CCCN=C(N)N)C(=O)N[C@@H](CO)C(=O)N[C@@H](Cc1cnc[nH]1)C(=O)N[C@@H](Cc1cnc[nH]1)C(=O)O. The molecule has 0 aliphatic heterocycles. The Morgan fingerprint density at radius 2 is 0.864 bits per heavy atom. The zero-order chi connectivity index (χ0) is 60.0. The minimum atomic E-state index is -1.84. The van der Waals surface area contributed by atoms with E-state index in [1.54, 1.807) is 0 Å². The number of guanidine groups is 2. The smallest absolute Gasteiger partial charge is 0.326 e. The zero-order valence-electron chi connectivity index (χ0n) is 44.5. The Morgan fingerprint density at radius 1 is 0.506 bits per heavy atom. The monoisotopic (exact) mass is 1140 g/mol. The van der Waals surface area contributed by atoms with Gasteiger partial charge in [0.2, 0.25) is 47.3 Å². The number of carboxylic acid groups (broad SMARTS) is 1. The summed E-state index contributed by atoms with van der Waals surface area (Å²) in [6.07, 6.45) is 6.25. The summed E-state index contributed by atoms with van der Waals surface area (Å²) in [5.74, 6) is -9.96. The molecule has 0 spiro atoms. The van der Waals surface area contributed by atoms with Gasteiger partial charge in [0.15, 0.2) is 11.9 Å². The Kier molecular flexibility index (Phi) is 28.7. The van der Waals surface area contributed by atoms with E-state index in [1.807, 2.05) is 0 Å². The molecular weight excluding hydrogens is 1070 g/mol. The Balaban J connectivity index is 1.84. The van der Waals surface area contributed by atoms with Crippen LogP contribution in [0, 0.1) is 0 Å². The van der Waals surface area contributed by atoms with Gasteiger partial charge in [-0.2, -0.15) is 0 Å². The number of nitrogens with two attached hydrogens (primary N) is 6. The molecule has 0 saturated heterocycles. The van der Waals surface area contributed by atoms with Crippen molar-refractivity contribution in [1.82, 2.24) is 72.4 Å². The number of carboxylic acids is 1. The number of rotatable bonds is 38. The number of unbranched alkanes of at least 4 members (excludes halogenated alkanes) is 1. The number of aromatic amines is 3. The molecule has 0 aromatic carbocycles. The number of carbonyl (C=O) groups is 9. The average Bonchev–Trinajstić information content (AvgIpc) is 4.27. The van der Waals surface area contributed by atoms with Crippen LogP contribution >= 0.6 is 0 Å². The minimum Gasteiger partial charge on any atom is -0.480 e. The maximum Gasteiger partial charge on any atom is 0.326 e. The Labute approximate surface area is 463 Å². The summed E-state index contributed by atoms with van der Waals surface area (Å²) in [6.45, 7) is -0.546. The average molecular weight is 1150 g/mol. The quantitative estimate of drug-likeness (QED) is 0.0144. The molecule has 0 bridgehead atoms. The van der Waals surface area contributed by atoms with Gasteiger partial charge in [-0.3, -0.25) is 48.3 Å². The Morgan fingerprint density at radius 3 is 1.27 bits per heavy atom. The van der Waals surface area contributed by atoms with Crippen LogP contribution in [0.3, 0.4) is 0 Å². The summed E-state index contributed by atoms with van der Waals surface area (Å²) in [5, 5.41) is 60.6. The largest absolute Gasteiger partial charge is 0.480 e. The van der Waals surface area contributed by atoms with Crippen molar-refractivity contribution in [2.24, 2.45) is 44.4 Å². The first-order chi connectivity index (χ1) is 38.6. The lowest BCUT2D eigenvalue weighted by Gasteiger charge is -2.28. The molecule has 3 aromatic rings. The van der Waals surface area contributed by atoms with E-state index in [0.29, 0.717) is 29.9 Å². The maximum absolute atomic E-state index is 14.2.